The fraction of sp³-hybridized carbons (Fsp3) is 0.0909. The zero-order valence-electron chi connectivity index (χ0n) is 15.8. The summed E-state index contributed by atoms with van der Waals surface area (Å²) in [5, 5.41) is 13.1. The number of carbonyl (C=O) groups excluding carboxylic acids is 1. The maximum Gasteiger partial charge on any atom is 0.315 e. The monoisotopic (exact) mass is 444 g/mol. The molecule has 1 unspecified atom stereocenters. The van der Waals surface area contributed by atoms with E-state index in [9.17, 15) is 19.1 Å². The van der Waals surface area contributed by atoms with Crippen LogP contribution in [0, 0.1) is 12.7 Å². The smallest absolute Gasteiger partial charge is 0.315 e. The molecule has 1 atom stereocenters. The zero-order valence-corrected chi connectivity index (χ0v) is 17.5. The molecular weight excluding hydrogens is 427 g/mol. The standard InChI is InChI=1S/C22H18ClFN2O3S/c1-12-5-10-18(25-20-16(23)3-2-4-17(20)24)15(11-12)19(22(28)29)13-6-8-14(9-7-13)21(27)26-30/h2-11,19,25,30H,1H3,(H,26,27)(H,28,29). The SMILES string of the molecule is Cc1ccc(Nc2c(F)cccc2Cl)c(C(C(=O)O)c2ccc(C(=O)NS)cc2)c1. The predicted molar refractivity (Wildman–Crippen MR) is 118 cm³/mol. The van der Waals surface area contributed by atoms with Crippen molar-refractivity contribution in [1.82, 2.24) is 4.72 Å². The van der Waals surface area contributed by atoms with Crippen LogP contribution in [0.5, 0.6) is 0 Å². The molecule has 0 spiro atoms. The molecule has 3 rings (SSSR count). The number of aryl methyl sites for hydroxylation is 1. The molecule has 0 saturated carbocycles. The van der Waals surface area contributed by atoms with E-state index in [0.717, 1.165) is 5.56 Å². The molecule has 154 valence electrons. The minimum absolute atomic E-state index is 0.0641. The van der Waals surface area contributed by atoms with E-state index in [1.807, 2.05) is 6.92 Å². The molecule has 8 heteroatoms. The Bertz CT molecular complexity index is 1090. The lowest BCUT2D eigenvalue weighted by molar-refractivity contribution is -0.137. The van der Waals surface area contributed by atoms with Crippen LogP contribution in [0.25, 0.3) is 0 Å². The number of nitrogens with one attached hydrogen (secondary N) is 2. The van der Waals surface area contributed by atoms with Crippen LogP contribution < -0.4 is 10.0 Å². The Hall–Kier alpha value is -3.03. The molecule has 0 aliphatic carbocycles. The van der Waals surface area contributed by atoms with Crippen molar-refractivity contribution in [3.8, 4) is 0 Å². The molecule has 0 aliphatic rings. The molecule has 0 aromatic heterocycles. The topological polar surface area (TPSA) is 78.4 Å². The van der Waals surface area contributed by atoms with Crippen molar-refractivity contribution in [2.24, 2.45) is 0 Å². The van der Waals surface area contributed by atoms with E-state index in [0.29, 0.717) is 22.4 Å². The lowest BCUT2D eigenvalue weighted by Gasteiger charge is -2.20. The number of benzene rings is 3. The first-order valence-electron chi connectivity index (χ1n) is 8.90. The number of carbonyl (C=O) groups is 2. The van der Waals surface area contributed by atoms with Gasteiger partial charge in [-0.2, -0.15) is 0 Å². The van der Waals surface area contributed by atoms with Gasteiger partial charge in [0.1, 0.15) is 11.7 Å². The lowest BCUT2D eigenvalue weighted by atomic mass is 9.88. The van der Waals surface area contributed by atoms with E-state index in [1.54, 1.807) is 36.4 Å². The van der Waals surface area contributed by atoms with Gasteiger partial charge >= 0.3 is 5.97 Å². The number of halogens is 2. The van der Waals surface area contributed by atoms with Crippen LogP contribution in [-0.2, 0) is 4.79 Å². The number of thiol groups is 1. The summed E-state index contributed by atoms with van der Waals surface area (Å²) in [6.45, 7) is 1.84. The summed E-state index contributed by atoms with van der Waals surface area (Å²) in [4.78, 5) is 23.9. The highest BCUT2D eigenvalue weighted by Gasteiger charge is 2.26. The lowest BCUT2D eigenvalue weighted by Crippen LogP contribution is -2.16. The van der Waals surface area contributed by atoms with Crippen molar-refractivity contribution >= 4 is 47.7 Å². The number of amides is 1. The number of para-hydroxylation sites is 1. The molecule has 1 amide bonds. The number of carboxylic acids is 1. The van der Waals surface area contributed by atoms with E-state index < -0.39 is 23.6 Å². The van der Waals surface area contributed by atoms with Crippen LogP contribution in [0.4, 0.5) is 15.8 Å². The van der Waals surface area contributed by atoms with E-state index in [2.05, 4.69) is 22.9 Å². The van der Waals surface area contributed by atoms with Gasteiger partial charge in [-0.3, -0.25) is 14.3 Å². The number of carboxylic acid groups (broad SMARTS) is 1. The van der Waals surface area contributed by atoms with Crippen LogP contribution in [0.3, 0.4) is 0 Å². The fourth-order valence-electron chi connectivity index (χ4n) is 3.13. The first-order chi connectivity index (χ1) is 14.3. The van der Waals surface area contributed by atoms with Gasteiger partial charge in [-0.25, -0.2) is 4.39 Å². The van der Waals surface area contributed by atoms with Crippen LogP contribution >= 0.6 is 24.4 Å². The summed E-state index contributed by atoms with van der Waals surface area (Å²) in [6, 6.07) is 15.7. The maximum absolute atomic E-state index is 14.3. The Kier molecular flexibility index (Phi) is 6.64. The van der Waals surface area contributed by atoms with Gasteiger partial charge in [0, 0.05) is 11.3 Å². The van der Waals surface area contributed by atoms with Crippen LogP contribution in [0.1, 0.15) is 33.0 Å². The predicted octanol–water partition coefficient (Wildman–Crippen LogP) is 5.32. The second kappa shape index (κ2) is 9.19. The summed E-state index contributed by atoms with van der Waals surface area (Å²) >= 11 is 9.85. The van der Waals surface area contributed by atoms with E-state index in [-0.39, 0.29) is 10.7 Å². The van der Waals surface area contributed by atoms with E-state index >= 15 is 0 Å². The van der Waals surface area contributed by atoms with Crippen LogP contribution in [-0.4, -0.2) is 17.0 Å². The van der Waals surface area contributed by atoms with Crippen molar-refractivity contribution < 1.29 is 19.1 Å². The normalized spacial score (nSPS) is 11.6. The molecule has 0 bridgehead atoms. The summed E-state index contributed by atoms with van der Waals surface area (Å²) in [5.74, 6) is -3.09. The number of rotatable bonds is 6. The van der Waals surface area contributed by atoms with Crippen molar-refractivity contribution in [3.05, 3.63) is 93.8 Å². The second-order valence-corrected chi connectivity index (χ2v) is 7.28. The summed E-state index contributed by atoms with van der Waals surface area (Å²) in [7, 11) is 0. The molecule has 0 fully saturated rings. The largest absolute Gasteiger partial charge is 0.481 e. The quantitative estimate of drug-likeness (QED) is 0.388. The Morgan fingerprint density at radius 1 is 1.10 bits per heavy atom. The van der Waals surface area contributed by atoms with Gasteiger partial charge in [-0.05, 0) is 48.4 Å². The minimum atomic E-state index is -1.09. The molecule has 0 radical (unpaired) electrons. The molecular formula is C22H18ClFN2O3S. The summed E-state index contributed by atoms with van der Waals surface area (Å²) in [6.07, 6.45) is 0. The molecule has 0 heterocycles. The van der Waals surface area contributed by atoms with E-state index in [1.165, 1.54) is 24.3 Å². The summed E-state index contributed by atoms with van der Waals surface area (Å²) < 4.78 is 16.5. The van der Waals surface area contributed by atoms with Crippen molar-refractivity contribution in [1.29, 1.82) is 0 Å². The first-order valence-corrected chi connectivity index (χ1v) is 9.73. The molecule has 0 aliphatic heterocycles. The first kappa shape index (κ1) is 21.7. The van der Waals surface area contributed by atoms with Gasteiger partial charge in [0.25, 0.3) is 5.91 Å². The van der Waals surface area contributed by atoms with Gasteiger partial charge < -0.3 is 10.4 Å². The second-order valence-electron chi connectivity index (χ2n) is 6.65. The molecule has 30 heavy (non-hydrogen) atoms. The number of anilines is 2. The van der Waals surface area contributed by atoms with Gasteiger partial charge in [-0.1, -0.05) is 60.3 Å². The highest BCUT2D eigenvalue weighted by atomic mass is 35.5. The Labute approximate surface area is 183 Å². The number of hydrogen-bond donors (Lipinski definition) is 4. The third kappa shape index (κ3) is 4.58. The van der Waals surface area contributed by atoms with Crippen molar-refractivity contribution in [2.75, 3.05) is 5.32 Å². The highest BCUT2D eigenvalue weighted by molar-refractivity contribution is 7.78. The van der Waals surface area contributed by atoms with Crippen LogP contribution in [0.2, 0.25) is 5.02 Å². The van der Waals surface area contributed by atoms with Gasteiger partial charge in [0.15, 0.2) is 0 Å². The summed E-state index contributed by atoms with van der Waals surface area (Å²) in [5.41, 5.74) is 2.57. The van der Waals surface area contributed by atoms with Crippen LogP contribution in [0.15, 0.2) is 60.7 Å². The molecule has 3 N–H and O–H groups in total. The number of hydrogen-bond acceptors (Lipinski definition) is 4. The zero-order chi connectivity index (χ0) is 21.8. The van der Waals surface area contributed by atoms with Gasteiger partial charge in [0.2, 0.25) is 0 Å². The average molecular weight is 445 g/mol. The molecule has 0 saturated heterocycles. The molecule has 3 aromatic rings. The Morgan fingerprint density at radius 2 is 1.80 bits per heavy atom. The average Bonchev–Trinajstić information content (AvgIpc) is 2.72. The van der Waals surface area contributed by atoms with Gasteiger partial charge in [0.05, 0.1) is 10.7 Å². The minimum Gasteiger partial charge on any atom is -0.481 e. The maximum atomic E-state index is 14.3. The van der Waals surface area contributed by atoms with Gasteiger partial charge in [-0.15, -0.1) is 0 Å². The molecule has 3 aromatic carbocycles. The van der Waals surface area contributed by atoms with Crippen molar-refractivity contribution in [3.63, 3.8) is 0 Å². The Morgan fingerprint density at radius 3 is 2.40 bits per heavy atom. The number of aliphatic carboxylic acids is 1. The highest BCUT2D eigenvalue weighted by Crippen LogP contribution is 2.36. The third-order valence-electron chi connectivity index (χ3n) is 4.60. The van der Waals surface area contributed by atoms with Crippen molar-refractivity contribution in [2.45, 2.75) is 12.8 Å². The Balaban J connectivity index is 2.08. The van der Waals surface area contributed by atoms with E-state index in [4.69, 9.17) is 11.6 Å². The fourth-order valence-corrected chi connectivity index (χ4v) is 3.47. The third-order valence-corrected chi connectivity index (χ3v) is 5.11. The molecule has 5 nitrogen and oxygen atoms in total.